The van der Waals surface area contributed by atoms with Gasteiger partial charge in [-0.15, -0.1) is 0 Å². The molecule has 2 aliphatic heterocycles. The molecule has 0 spiro atoms. The van der Waals surface area contributed by atoms with Crippen LogP contribution in [0, 0.1) is 0 Å². The largest absolute Gasteiger partial charge is 0.490 e. The van der Waals surface area contributed by atoms with E-state index in [-0.39, 0.29) is 11.9 Å². The van der Waals surface area contributed by atoms with Gasteiger partial charge in [0.1, 0.15) is 0 Å². The first-order chi connectivity index (χ1) is 11.3. The van der Waals surface area contributed by atoms with Gasteiger partial charge >= 0.3 is 0 Å². The molecule has 2 heterocycles. The monoisotopic (exact) mass is 318 g/mol. The lowest BCUT2D eigenvalue weighted by Crippen LogP contribution is -2.47. The molecule has 1 aromatic rings. The molecule has 2 aliphatic rings. The van der Waals surface area contributed by atoms with Gasteiger partial charge in [0.05, 0.1) is 13.2 Å². The molecule has 0 aromatic heterocycles. The van der Waals surface area contributed by atoms with Crippen molar-refractivity contribution in [1.82, 2.24) is 4.90 Å². The van der Waals surface area contributed by atoms with E-state index < -0.39 is 0 Å². The number of rotatable bonds is 4. The van der Waals surface area contributed by atoms with Crippen molar-refractivity contribution in [3.63, 3.8) is 0 Å². The Balaban J connectivity index is 1.59. The van der Waals surface area contributed by atoms with Crippen molar-refractivity contribution in [3.05, 3.63) is 23.8 Å². The van der Waals surface area contributed by atoms with Gasteiger partial charge in [0.2, 0.25) is 5.91 Å². The second-order valence-electron chi connectivity index (χ2n) is 6.30. The Morgan fingerprint density at radius 1 is 1.17 bits per heavy atom. The third-order valence-electron chi connectivity index (χ3n) is 4.66. The molecular formula is C18H26N2O3. The summed E-state index contributed by atoms with van der Waals surface area (Å²) < 4.78 is 11.3. The Labute approximate surface area is 137 Å². The SMILES string of the molecule is NC[C@H]1CCCCN1C(=O)CCc1ccc2c(c1)OCCCO2. The van der Waals surface area contributed by atoms with Gasteiger partial charge in [0, 0.05) is 32.0 Å². The zero-order valence-corrected chi connectivity index (χ0v) is 13.6. The minimum Gasteiger partial charge on any atom is -0.490 e. The summed E-state index contributed by atoms with van der Waals surface area (Å²) in [4.78, 5) is 14.5. The number of benzene rings is 1. The van der Waals surface area contributed by atoms with Gasteiger partial charge in [-0.1, -0.05) is 6.07 Å². The van der Waals surface area contributed by atoms with E-state index in [0.29, 0.717) is 26.2 Å². The second kappa shape index (κ2) is 7.68. The second-order valence-corrected chi connectivity index (χ2v) is 6.30. The smallest absolute Gasteiger partial charge is 0.223 e. The zero-order chi connectivity index (χ0) is 16.1. The predicted molar refractivity (Wildman–Crippen MR) is 88.8 cm³/mol. The maximum absolute atomic E-state index is 12.5. The number of carbonyl (C=O) groups is 1. The fourth-order valence-electron chi connectivity index (χ4n) is 3.33. The van der Waals surface area contributed by atoms with E-state index in [1.807, 2.05) is 23.1 Å². The van der Waals surface area contributed by atoms with Crippen LogP contribution in [0.1, 0.15) is 37.7 Å². The maximum atomic E-state index is 12.5. The van der Waals surface area contributed by atoms with Gasteiger partial charge in [0.25, 0.3) is 0 Å². The molecule has 1 amide bonds. The first-order valence-electron chi connectivity index (χ1n) is 8.66. The van der Waals surface area contributed by atoms with Gasteiger partial charge in [-0.3, -0.25) is 4.79 Å². The lowest BCUT2D eigenvalue weighted by Gasteiger charge is -2.35. The van der Waals surface area contributed by atoms with Gasteiger partial charge in [0.15, 0.2) is 11.5 Å². The highest BCUT2D eigenvalue weighted by atomic mass is 16.5. The van der Waals surface area contributed by atoms with E-state index in [1.165, 1.54) is 6.42 Å². The minimum atomic E-state index is 0.215. The van der Waals surface area contributed by atoms with E-state index in [1.54, 1.807) is 0 Å². The van der Waals surface area contributed by atoms with Crippen LogP contribution in [0.5, 0.6) is 11.5 Å². The van der Waals surface area contributed by atoms with Crippen LogP contribution in [0.25, 0.3) is 0 Å². The molecule has 23 heavy (non-hydrogen) atoms. The quantitative estimate of drug-likeness (QED) is 0.923. The van der Waals surface area contributed by atoms with Crippen molar-refractivity contribution in [2.75, 3.05) is 26.3 Å². The molecular weight excluding hydrogens is 292 g/mol. The van der Waals surface area contributed by atoms with Gasteiger partial charge in [-0.2, -0.15) is 0 Å². The molecule has 0 unspecified atom stereocenters. The fourth-order valence-corrected chi connectivity index (χ4v) is 3.33. The van der Waals surface area contributed by atoms with Crippen LogP contribution < -0.4 is 15.2 Å². The van der Waals surface area contributed by atoms with Gasteiger partial charge in [-0.05, 0) is 43.4 Å². The summed E-state index contributed by atoms with van der Waals surface area (Å²) in [5.74, 6) is 1.81. The molecule has 3 rings (SSSR count). The van der Waals surface area contributed by atoms with E-state index in [4.69, 9.17) is 15.2 Å². The molecule has 1 saturated heterocycles. The molecule has 1 fully saturated rings. The number of nitrogens with zero attached hydrogens (tertiary/aromatic N) is 1. The van der Waals surface area contributed by atoms with Crippen LogP contribution in [0.15, 0.2) is 18.2 Å². The molecule has 5 nitrogen and oxygen atoms in total. The fraction of sp³-hybridized carbons (Fsp3) is 0.611. The Hall–Kier alpha value is -1.75. The van der Waals surface area contributed by atoms with Gasteiger partial charge in [-0.25, -0.2) is 0 Å². The number of ether oxygens (including phenoxy) is 2. The summed E-state index contributed by atoms with van der Waals surface area (Å²) in [7, 11) is 0. The van der Waals surface area contributed by atoms with Crippen molar-refractivity contribution >= 4 is 5.91 Å². The van der Waals surface area contributed by atoms with E-state index in [2.05, 4.69) is 0 Å². The number of likely N-dealkylation sites (tertiary alicyclic amines) is 1. The lowest BCUT2D eigenvalue weighted by molar-refractivity contribution is -0.134. The van der Waals surface area contributed by atoms with E-state index in [9.17, 15) is 4.79 Å². The maximum Gasteiger partial charge on any atom is 0.223 e. The van der Waals surface area contributed by atoms with E-state index >= 15 is 0 Å². The molecule has 5 heteroatoms. The highest BCUT2D eigenvalue weighted by Gasteiger charge is 2.25. The van der Waals surface area contributed by atoms with Gasteiger partial charge < -0.3 is 20.1 Å². The number of amides is 1. The minimum absolute atomic E-state index is 0.215. The third-order valence-corrected chi connectivity index (χ3v) is 4.66. The number of hydrogen-bond acceptors (Lipinski definition) is 4. The van der Waals surface area contributed by atoms with Crippen molar-refractivity contribution < 1.29 is 14.3 Å². The summed E-state index contributed by atoms with van der Waals surface area (Å²) >= 11 is 0. The Morgan fingerprint density at radius 3 is 2.83 bits per heavy atom. The Bertz CT molecular complexity index is 547. The van der Waals surface area contributed by atoms with Crippen LogP contribution in [-0.4, -0.2) is 43.2 Å². The number of piperidine rings is 1. The Kier molecular flexibility index (Phi) is 5.39. The molecule has 2 N–H and O–H groups in total. The van der Waals surface area contributed by atoms with Crippen LogP contribution >= 0.6 is 0 Å². The first-order valence-corrected chi connectivity index (χ1v) is 8.66. The Morgan fingerprint density at radius 2 is 2.00 bits per heavy atom. The summed E-state index contributed by atoms with van der Waals surface area (Å²) in [5, 5.41) is 0. The van der Waals surface area contributed by atoms with Crippen LogP contribution in [-0.2, 0) is 11.2 Å². The topological polar surface area (TPSA) is 64.8 Å². The summed E-state index contributed by atoms with van der Waals surface area (Å²) in [6, 6.07) is 6.20. The lowest BCUT2D eigenvalue weighted by atomic mass is 10.0. The molecule has 0 saturated carbocycles. The average molecular weight is 318 g/mol. The summed E-state index contributed by atoms with van der Waals surface area (Å²) in [5.41, 5.74) is 6.92. The summed E-state index contributed by atoms with van der Waals surface area (Å²) in [6.07, 6.45) is 5.45. The number of aryl methyl sites for hydroxylation is 1. The molecule has 1 aromatic carbocycles. The molecule has 1 atom stereocenters. The highest BCUT2D eigenvalue weighted by Crippen LogP contribution is 2.31. The molecule has 126 valence electrons. The number of hydrogen-bond donors (Lipinski definition) is 1. The number of nitrogens with two attached hydrogens (primary N) is 1. The van der Waals surface area contributed by atoms with Crippen LogP contribution in [0.3, 0.4) is 0 Å². The number of fused-ring (bicyclic) bond motifs is 1. The zero-order valence-electron chi connectivity index (χ0n) is 13.6. The molecule has 0 aliphatic carbocycles. The predicted octanol–water partition coefficient (Wildman–Crippen LogP) is 2.12. The standard InChI is InChI=1S/C18H26N2O3/c19-13-15-4-1-2-9-20(15)18(21)8-6-14-5-7-16-17(12-14)23-11-3-10-22-16/h5,7,12,15H,1-4,6,8-11,13,19H2/t15-/m1/s1. The van der Waals surface area contributed by atoms with Crippen molar-refractivity contribution in [2.24, 2.45) is 5.73 Å². The number of carbonyl (C=O) groups excluding carboxylic acids is 1. The van der Waals surface area contributed by atoms with Crippen LogP contribution in [0.2, 0.25) is 0 Å². The average Bonchev–Trinajstić information content (AvgIpc) is 2.84. The van der Waals surface area contributed by atoms with Crippen molar-refractivity contribution in [3.8, 4) is 11.5 Å². The van der Waals surface area contributed by atoms with E-state index in [0.717, 1.165) is 49.3 Å². The summed E-state index contributed by atoms with van der Waals surface area (Å²) in [6.45, 7) is 2.79. The first kappa shape index (κ1) is 16.1. The molecule has 0 radical (unpaired) electrons. The van der Waals surface area contributed by atoms with Crippen molar-refractivity contribution in [1.29, 1.82) is 0 Å². The molecule has 0 bridgehead atoms. The normalized spacial score (nSPS) is 20.9. The third kappa shape index (κ3) is 3.96. The van der Waals surface area contributed by atoms with Crippen LogP contribution in [0.4, 0.5) is 0 Å². The highest BCUT2D eigenvalue weighted by molar-refractivity contribution is 5.77. The van der Waals surface area contributed by atoms with Crippen molar-refractivity contribution in [2.45, 2.75) is 44.6 Å².